The first-order valence-corrected chi connectivity index (χ1v) is 8.26. The predicted octanol–water partition coefficient (Wildman–Crippen LogP) is 1.14. The molecule has 0 radical (unpaired) electrons. The van der Waals surface area contributed by atoms with Gasteiger partial charge < -0.3 is 19.0 Å². The minimum absolute atomic E-state index is 0.0914. The highest BCUT2D eigenvalue weighted by atomic mass is 16.6. The Kier molecular flexibility index (Phi) is 6.14. The zero-order valence-corrected chi connectivity index (χ0v) is 15.5. The van der Waals surface area contributed by atoms with Crippen molar-refractivity contribution >= 4 is 11.9 Å². The average molecular weight is 363 g/mol. The Hall–Kier alpha value is -2.68. The van der Waals surface area contributed by atoms with E-state index in [1.54, 1.807) is 33.9 Å². The Bertz CT molecular complexity index is 759. The minimum atomic E-state index is -0.917. The number of hydrogen-bond donors (Lipinski definition) is 1. The number of esters is 1. The van der Waals surface area contributed by atoms with Crippen molar-refractivity contribution in [2.24, 2.45) is 0 Å². The minimum Gasteiger partial charge on any atom is -0.480 e. The van der Waals surface area contributed by atoms with Crippen LogP contribution in [-0.2, 0) is 40.5 Å². The zero-order valence-electron chi connectivity index (χ0n) is 15.5. The molecule has 2 aromatic rings. The fraction of sp³-hybridized carbons (Fsp3) is 0.529. The van der Waals surface area contributed by atoms with Gasteiger partial charge in [0, 0.05) is 24.8 Å². The number of carboxylic acids is 1. The molecule has 0 aliphatic heterocycles. The largest absolute Gasteiger partial charge is 0.480 e. The summed E-state index contributed by atoms with van der Waals surface area (Å²) in [4.78, 5) is 33.4. The van der Waals surface area contributed by atoms with E-state index in [-0.39, 0.29) is 19.1 Å². The molecule has 0 spiro atoms. The lowest BCUT2D eigenvalue weighted by Gasteiger charge is -2.21. The van der Waals surface area contributed by atoms with Crippen LogP contribution in [0.3, 0.4) is 0 Å². The van der Waals surface area contributed by atoms with Gasteiger partial charge in [-0.1, -0.05) is 0 Å². The quantitative estimate of drug-likeness (QED) is 0.702. The van der Waals surface area contributed by atoms with E-state index in [2.05, 4.69) is 9.97 Å². The van der Waals surface area contributed by atoms with Crippen LogP contribution in [0.15, 0.2) is 24.8 Å². The maximum absolute atomic E-state index is 12.0. The lowest BCUT2D eigenvalue weighted by molar-refractivity contribution is -0.155. The molecule has 2 aromatic heterocycles. The van der Waals surface area contributed by atoms with E-state index >= 15 is 0 Å². The summed E-state index contributed by atoms with van der Waals surface area (Å²) in [5.74, 6) is 0.131. The third-order valence-electron chi connectivity index (χ3n) is 3.45. The van der Waals surface area contributed by atoms with Crippen molar-refractivity contribution in [2.75, 3.05) is 7.05 Å². The Morgan fingerprint density at radius 1 is 1.08 bits per heavy atom. The average Bonchev–Trinajstić information content (AvgIpc) is 3.07. The molecule has 0 saturated heterocycles. The van der Waals surface area contributed by atoms with Gasteiger partial charge >= 0.3 is 11.9 Å². The molecule has 9 heteroatoms. The molecule has 0 amide bonds. The van der Waals surface area contributed by atoms with Gasteiger partial charge in [-0.15, -0.1) is 0 Å². The molecule has 0 unspecified atom stereocenters. The van der Waals surface area contributed by atoms with Crippen LogP contribution in [0.25, 0.3) is 0 Å². The normalized spacial score (nSPS) is 11.7. The summed E-state index contributed by atoms with van der Waals surface area (Å²) in [6, 6.07) is 0. The number of rotatable bonds is 8. The van der Waals surface area contributed by atoms with Crippen LogP contribution >= 0.6 is 0 Å². The second-order valence-electron chi connectivity index (χ2n) is 7.10. The van der Waals surface area contributed by atoms with Crippen LogP contribution < -0.4 is 0 Å². The van der Waals surface area contributed by atoms with Crippen molar-refractivity contribution in [1.82, 2.24) is 24.0 Å². The standard InChI is InChI=1S/C17H25N5O4/c1-17(2,3)26-16(25)12-22-8-6-19-14(22)10-20(4)9-13-18-5-7-21(13)11-15(23)24/h5-8H,9-12H2,1-4H3,(H,23,24). The maximum Gasteiger partial charge on any atom is 0.326 e. The molecule has 0 aliphatic rings. The molecule has 2 rings (SSSR count). The van der Waals surface area contributed by atoms with Crippen molar-refractivity contribution in [3.05, 3.63) is 36.4 Å². The molecule has 9 nitrogen and oxygen atoms in total. The Morgan fingerprint density at radius 2 is 1.58 bits per heavy atom. The van der Waals surface area contributed by atoms with E-state index in [0.717, 1.165) is 5.82 Å². The van der Waals surface area contributed by atoms with E-state index in [9.17, 15) is 9.59 Å². The first-order chi connectivity index (χ1) is 12.1. The fourth-order valence-corrected chi connectivity index (χ4v) is 2.47. The molecule has 0 bridgehead atoms. The van der Waals surface area contributed by atoms with Crippen LogP contribution in [0, 0.1) is 0 Å². The van der Waals surface area contributed by atoms with E-state index in [4.69, 9.17) is 9.84 Å². The van der Waals surface area contributed by atoms with Gasteiger partial charge in [-0.3, -0.25) is 14.5 Å². The fourth-order valence-electron chi connectivity index (χ4n) is 2.47. The number of ether oxygens (including phenoxy) is 1. The number of carboxylic acid groups (broad SMARTS) is 1. The highest BCUT2D eigenvalue weighted by molar-refractivity contribution is 5.69. The van der Waals surface area contributed by atoms with E-state index in [1.165, 1.54) is 0 Å². The molecule has 0 atom stereocenters. The van der Waals surface area contributed by atoms with Gasteiger partial charge in [0.05, 0.1) is 13.1 Å². The van der Waals surface area contributed by atoms with Crippen molar-refractivity contribution < 1.29 is 19.4 Å². The summed E-state index contributed by atoms with van der Waals surface area (Å²) in [5, 5.41) is 8.93. The molecule has 0 aliphatic carbocycles. The molecular weight excluding hydrogens is 338 g/mol. The highest BCUT2D eigenvalue weighted by Crippen LogP contribution is 2.10. The molecular formula is C17H25N5O4. The molecule has 26 heavy (non-hydrogen) atoms. The topological polar surface area (TPSA) is 102 Å². The number of carbonyl (C=O) groups excluding carboxylic acids is 1. The summed E-state index contributed by atoms with van der Waals surface area (Å²) < 4.78 is 8.67. The first-order valence-electron chi connectivity index (χ1n) is 8.26. The second kappa shape index (κ2) is 8.13. The summed E-state index contributed by atoms with van der Waals surface area (Å²) in [6.45, 7) is 6.38. The van der Waals surface area contributed by atoms with Crippen LogP contribution in [0.5, 0.6) is 0 Å². The molecule has 0 saturated carbocycles. The van der Waals surface area contributed by atoms with E-state index < -0.39 is 11.6 Å². The second-order valence-corrected chi connectivity index (χ2v) is 7.10. The molecule has 2 heterocycles. The number of imidazole rings is 2. The van der Waals surface area contributed by atoms with Gasteiger partial charge in [0.15, 0.2) is 0 Å². The third kappa shape index (κ3) is 5.99. The van der Waals surface area contributed by atoms with Gasteiger partial charge in [-0.25, -0.2) is 9.97 Å². The van der Waals surface area contributed by atoms with Crippen molar-refractivity contribution in [3.8, 4) is 0 Å². The van der Waals surface area contributed by atoms with Gasteiger partial charge in [0.1, 0.15) is 30.3 Å². The molecule has 0 aromatic carbocycles. The monoisotopic (exact) mass is 363 g/mol. The lowest BCUT2D eigenvalue weighted by atomic mass is 10.2. The van der Waals surface area contributed by atoms with Gasteiger partial charge in [0.25, 0.3) is 0 Å². The maximum atomic E-state index is 12.0. The van der Waals surface area contributed by atoms with Gasteiger partial charge in [0.2, 0.25) is 0 Å². The molecule has 142 valence electrons. The summed E-state index contributed by atoms with van der Waals surface area (Å²) in [7, 11) is 1.88. The van der Waals surface area contributed by atoms with E-state index in [1.807, 2.05) is 32.7 Å². The Balaban J connectivity index is 1.97. The smallest absolute Gasteiger partial charge is 0.326 e. The van der Waals surface area contributed by atoms with Crippen LogP contribution in [0.2, 0.25) is 0 Å². The number of nitrogens with zero attached hydrogens (tertiary/aromatic N) is 5. The number of carbonyl (C=O) groups is 2. The Labute approximate surface area is 152 Å². The van der Waals surface area contributed by atoms with Crippen molar-refractivity contribution in [3.63, 3.8) is 0 Å². The predicted molar refractivity (Wildman–Crippen MR) is 93.1 cm³/mol. The van der Waals surface area contributed by atoms with Crippen molar-refractivity contribution in [2.45, 2.75) is 52.6 Å². The van der Waals surface area contributed by atoms with Crippen LogP contribution in [0.4, 0.5) is 0 Å². The first kappa shape index (κ1) is 19.6. The van der Waals surface area contributed by atoms with Crippen LogP contribution in [-0.4, -0.2) is 53.7 Å². The highest BCUT2D eigenvalue weighted by Gasteiger charge is 2.18. The lowest BCUT2D eigenvalue weighted by Crippen LogP contribution is -2.28. The molecule has 1 N–H and O–H groups in total. The summed E-state index contributed by atoms with van der Waals surface area (Å²) in [6.07, 6.45) is 6.59. The van der Waals surface area contributed by atoms with Crippen molar-refractivity contribution in [1.29, 1.82) is 0 Å². The van der Waals surface area contributed by atoms with Gasteiger partial charge in [-0.2, -0.15) is 0 Å². The number of aliphatic carboxylic acids is 1. The zero-order chi connectivity index (χ0) is 19.3. The van der Waals surface area contributed by atoms with E-state index in [0.29, 0.717) is 18.9 Å². The summed E-state index contributed by atoms with van der Waals surface area (Å²) in [5.41, 5.74) is -0.532. The molecule has 0 fully saturated rings. The van der Waals surface area contributed by atoms with Gasteiger partial charge in [-0.05, 0) is 27.8 Å². The summed E-state index contributed by atoms with van der Waals surface area (Å²) >= 11 is 0. The number of aromatic nitrogens is 4. The number of hydrogen-bond acceptors (Lipinski definition) is 6. The Morgan fingerprint density at radius 3 is 2.04 bits per heavy atom. The third-order valence-corrected chi connectivity index (χ3v) is 3.45. The van der Waals surface area contributed by atoms with Crippen LogP contribution in [0.1, 0.15) is 32.4 Å². The SMILES string of the molecule is CN(Cc1nccn1CC(=O)O)Cc1nccn1CC(=O)OC(C)(C)C.